The van der Waals surface area contributed by atoms with Crippen molar-refractivity contribution in [1.82, 2.24) is 0 Å². The Morgan fingerprint density at radius 1 is 1.75 bits per heavy atom. The Bertz CT molecular complexity index is 90.7. The molecule has 2 heteroatoms. The van der Waals surface area contributed by atoms with Gasteiger partial charge in [-0.3, -0.25) is 0 Å². The molecule has 45 valence electrons. The summed E-state index contributed by atoms with van der Waals surface area (Å²) in [6.45, 7) is 5.54. The van der Waals surface area contributed by atoms with Crippen LogP contribution in [0.2, 0.25) is 0 Å². The second kappa shape index (κ2) is 4.37. The molecule has 0 rings (SSSR count). The van der Waals surface area contributed by atoms with E-state index < -0.39 is 0 Å². The molecule has 0 aromatic rings. The van der Waals surface area contributed by atoms with Crippen LogP contribution in [0.15, 0.2) is 11.6 Å². The van der Waals surface area contributed by atoms with Gasteiger partial charge in [0.05, 0.1) is 0 Å². The van der Waals surface area contributed by atoms with Gasteiger partial charge in [-0.05, 0) is 19.9 Å². The first-order valence-electron chi connectivity index (χ1n) is 2.39. The monoisotopic (exact) mass is 113 g/mol. The zero-order chi connectivity index (χ0) is 6.41. The van der Waals surface area contributed by atoms with Crippen molar-refractivity contribution in [3.05, 3.63) is 11.6 Å². The lowest BCUT2D eigenvalue weighted by atomic mass is 10.3. The normalized spacial score (nSPS) is 7.75. The van der Waals surface area contributed by atoms with E-state index in [-0.39, 0.29) is 0 Å². The van der Waals surface area contributed by atoms with Gasteiger partial charge in [0, 0.05) is 0 Å². The summed E-state index contributed by atoms with van der Waals surface area (Å²) in [4.78, 5) is 9.41. The van der Waals surface area contributed by atoms with Crippen molar-refractivity contribution in [3.8, 4) is 0 Å². The molecule has 8 heavy (non-hydrogen) atoms. The fraction of sp³-hybridized carbons (Fsp3) is 0.500. The zero-order valence-electron chi connectivity index (χ0n) is 5.10. The van der Waals surface area contributed by atoms with E-state index in [1.165, 1.54) is 6.47 Å². The van der Waals surface area contributed by atoms with Gasteiger partial charge in [-0.2, -0.15) is 0 Å². The first-order valence-corrected chi connectivity index (χ1v) is 2.39. The van der Waals surface area contributed by atoms with Gasteiger partial charge in [-0.15, -0.1) is 0 Å². The zero-order valence-corrected chi connectivity index (χ0v) is 5.10. The predicted molar refractivity (Wildman–Crippen MR) is 31.1 cm³/mol. The number of hydrogen-bond donors (Lipinski definition) is 0. The first kappa shape index (κ1) is 7.21. The molecule has 0 unspecified atom stereocenters. The maximum atomic E-state index is 9.41. The van der Waals surface area contributed by atoms with Crippen LogP contribution < -0.4 is 0 Å². The van der Waals surface area contributed by atoms with Crippen LogP contribution in [0.3, 0.4) is 0 Å². The summed E-state index contributed by atoms with van der Waals surface area (Å²) in [5, 5.41) is 0. The number of hydrogen-bond acceptors (Lipinski definition) is 2. The molecule has 0 aliphatic rings. The molecule has 0 amide bonds. The van der Waals surface area contributed by atoms with Gasteiger partial charge in [0.15, 0.2) is 0 Å². The molecule has 0 saturated carbocycles. The Labute approximate surface area is 49.1 Å². The maximum absolute atomic E-state index is 9.41. The average molecular weight is 113 g/mol. The van der Waals surface area contributed by atoms with Crippen molar-refractivity contribution in [2.75, 3.05) is 6.61 Å². The van der Waals surface area contributed by atoms with Gasteiger partial charge in [0.2, 0.25) is 0 Å². The minimum absolute atomic E-state index is 0.339. The highest BCUT2D eigenvalue weighted by molar-refractivity contribution is 5.38. The van der Waals surface area contributed by atoms with Crippen LogP contribution in [0.5, 0.6) is 0 Å². The molecule has 0 saturated heterocycles. The maximum Gasteiger partial charge on any atom is 0.417 e. The topological polar surface area (TPSA) is 26.3 Å². The molecule has 0 bridgehead atoms. The second-order valence-electron chi connectivity index (χ2n) is 1.68. The molecule has 0 fully saturated rings. The van der Waals surface area contributed by atoms with E-state index in [2.05, 4.69) is 4.74 Å². The lowest BCUT2D eigenvalue weighted by Gasteiger charge is -1.87. The highest BCUT2D eigenvalue weighted by Crippen LogP contribution is 1.86. The molecule has 0 N–H and O–H groups in total. The average Bonchev–Trinajstić information content (AvgIpc) is 1.66. The van der Waals surface area contributed by atoms with Crippen LogP contribution in [0.1, 0.15) is 13.8 Å². The summed E-state index contributed by atoms with van der Waals surface area (Å²) in [7, 11) is 0. The summed E-state index contributed by atoms with van der Waals surface area (Å²) < 4.78 is 4.26. The van der Waals surface area contributed by atoms with Crippen LogP contribution in [-0.4, -0.2) is 13.1 Å². The van der Waals surface area contributed by atoms with Crippen LogP contribution in [0.25, 0.3) is 0 Å². The molecule has 1 radical (unpaired) electrons. The fourth-order valence-corrected chi connectivity index (χ4v) is 0.242. The summed E-state index contributed by atoms with van der Waals surface area (Å²) in [5.41, 5.74) is 1.14. The van der Waals surface area contributed by atoms with Gasteiger partial charge in [-0.25, -0.2) is 4.79 Å². The Morgan fingerprint density at radius 3 is 2.75 bits per heavy atom. The third kappa shape index (κ3) is 5.21. The van der Waals surface area contributed by atoms with E-state index in [1.54, 1.807) is 0 Å². The fourth-order valence-electron chi connectivity index (χ4n) is 0.242. The van der Waals surface area contributed by atoms with Crippen LogP contribution >= 0.6 is 0 Å². The molecule has 0 aliphatic heterocycles. The Hall–Kier alpha value is -0.790. The molecule has 0 aromatic carbocycles. The molecule has 0 atom stereocenters. The SMILES string of the molecule is CC(C)=CCO[C]=O. The van der Waals surface area contributed by atoms with Crippen LogP contribution in [0, 0.1) is 0 Å². The lowest BCUT2D eigenvalue weighted by molar-refractivity contribution is 0.313. The van der Waals surface area contributed by atoms with Gasteiger partial charge < -0.3 is 4.74 Å². The molecule has 0 aromatic heterocycles. The number of rotatable bonds is 3. The third-order valence-electron chi connectivity index (χ3n) is 0.634. The summed E-state index contributed by atoms with van der Waals surface area (Å²) in [5.74, 6) is 0. The molecule has 0 aliphatic carbocycles. The smallest absolute Gasteiger partial charge is 0.417 e. The quantitative estimate of drug-likeness (QED) is 0.403. The highest BCUT2D eigenvalue weighted by atomic mass is 16.5. The van der Waals surface area contributed by atoms with Crippen molar-refractivity contribution in [2.45, 2.75) is 13.8 Å². The van der Waals surface area contributed by atoms with Crippen molar-refractivity contribution >= 4 is 6.47 Å². The van der Waals surface area contributed by atoms with Crippen molar-refractivity contribution in [1.29, 1.82) is 0 Å². The third-order valence-corrected chi connectivity index (χ3v) is 0.634. The van der Waals surface area contributed by atoms with Gasteiger partial charge in [-0.1, -0.05) is 5.57 Å². The summed E-state index contributed by atoms with van der Waals surface area (Å²) >= 11 is 0. The van der Waals surface area contributed by atoms with Crippen molar-refractivity contribution < 1.29 is 9.53 Å². The predicted octanol–water partition coefficient (Wildman–Crippen LogP) is 1.04. The molecular formula is C6H9O2. The summed E-state index contributed by atoms with van der Waals surface area (Å²) in [6, 6.07) is 0. The van der Waals surface area contributed by atoms with E-state index in [9.17, 15) is 4.79 Å². The van der Waals surface area contributed by atoms with Gasteiger partial charge >= 0.3 is 6.47 Å². The molecule has 2 nitrogen and oxygen atoms in total. The van der Waals surface area contributed by atoms with Crippen molar-refractivity contribution in [3.63, 3.8) is 0 Å². The van der Waals surface area contributed by atoms with Gasteiger partial charge in [0.25, 0.3) is 0 Å². The van der Waals surface area contributed by atoms with Crippen molar-refractivity contribution in [2.24, 2.45) is 0 Å². The van der Waals surface area contributed by atoms with Crippen LogP contribution in [0.4, 0.5) is 0 Å². The van der Waals surface area contributed by atoms with Gasteiger partial charge in [0.1, 0.15) is 6.61 Å². The van der Waals surface area contributed by atoms with Crippen LogP contribution in [-0.2, 0) is 9.53 Å². The first-order chi connectivity index (χ1) is 3.77. The Balaban J connectivity index is 3.15. The minimum Gasteiger partial charge on any atom is -0.453 e. The molecular weight excluding hydrogens is 104 g/mol. The second-order valence-corrected chi connectivity index (χ2v) is 1.68. The number of ether oxygens (including phenoxy) is 1. The van der Waals surface area contributed by atoms with E-state index in [0.717, 1.165) is 5.57 Å². The number of carbonyl (C=O) groups excluding carboxylic acids is 1. The Morgan fingerprint density at radius 2 is 2.38 bits per heavy atom. The largest absolute Gasteiger partial charge is 0.453 e. The lowest BCUT2D eigenvalue weighted by Crippen LogP contribution is -1.85. The van der Waals surface area contributed by atoms with E-state index >= 15 is 0 Å². The standard InChI is InChI=1S/C6H9O2/c1-6(2)3-4-8-5-7/h3H,4H2,1-2H3. The Kier molecular flexibility index (Phi) is 3.94. The van der Waals surface area contributed by atoms with E-state index in [0.29, 0.717) is 6.61 Å². The minimum atomic E-state index is 0.339. The number of allylic oxidation sites excluding steroid dienone is 1. The van der Waals surface area contributed by atoms with E-state index in [1.807, 2.05) is 19.9 Å². The molecule has 0 spiro atoms. The van der Waals surface area contributed by atoms with E-state index in [4.69, 9.17) is 0 Å². The summed E-state index contributed by atoms with van der Waals surface area (Å²) in [6.07, 6.45) is 1.81. The molecule has 0 heterocycles. The highest BCUT2D eigenvalue weighted by Gasteiger charge is 1.77.